The van der Waals surface area contributed by atoms with Crippen molar-refractivity contribution in [1.29, 1.82) is 0 Å². The maximum Gasteiger partial charge on any atom is 0.374 e. The standard InChI is InChI=1S/C13H12FNO4/c1-7(14)12-8(4-3-5-10(12)18-2)9-6-11(13(16)17)19-15-9/h3-7H,1-2H3,(H,16,17). The fourth-order valence-corrected chi connectivity index (χ4v) is 1.86. The van der Waals surface area contributed by atoms with Crippen molar-refractivity contribution in [2.24, 2.45) is 0 Å². The van der Waals surface area contributed by atoms with E-state index in [9.17, 15) is 9.18 Å². The normalized spacial score (nSPS) is 12.2. The molecule has 2 rings (SSSR count). The van der Waals surface area contributed by atoms with Crippen LogP contribution in [0.3, 0.4) is 0 Å². The van der Waals surface area contributed by atoms with Gasteiger partial charge >= 0.3 is 5.97 Å². The van der Waals surface area contributed by atoms with Crippen LogP contribution in [0.2, 0.25) is 0 Å². The lowest BCUT2D eigenvalue weighted by Gasteiger charge is -2.13. The number of ether oxygens (including phenoxy) is 1. The molecule has 0 aliphatic heterocycles. The molecule has 0 saturated carbocycles. The van der Waals surface area contributed by atoms with Crippen LogP contribution in [-0.4, -0.2) is 23.3 Å². The van der Waals surface area contributed by atoms with E-state index in [0.29, 0.717) is 16.9 Å². The molecule has 1 unspecified atom stereocenters. The Morgan fingerprint density at radius 2 is 2.26 bits per heavy atom. The average Bonchev–Trinajstić information content (AvgIpc) is 2.87. The molecule has 0 aliphatic rings. The highest BCUT2D eigenvalue weighted by molar-refractivity contribution is 5.86. The molecule has 2 aromatic rings. The number of hydrogen-bond donors (Lipinski definition) is 1. The maximum atomic E-state index is 13.7. The van der Waals surface area contributed by atoms with Crippen LogP contribution in [0, 0.1) is 0 Å². The molecule has 0 aliphatic carbocycles. The van der Waals surface area contributed by atoms with Gasteiger partial charge in [-0.15, -0.1) is 0 Å². The van der Waals surface area contributed by atoms with E-state index >= 15 is 0 Å². The molecule has 0 amide bonds. The predicted octanol–water partition coefficient (Wildman–Crippen LogP) is 3.08. The zero-order chi connectivity index (χ0) is 14.0. The molecule has 19 heavy (non-hydrogen) atoms. The van der Waals surface area contributed by atoms with Gasteiger partial charge in [-0.25, -0.2) is 9.18 Å². The number of benzene rings is 1. The van der Waals surface area contributed by atoms with E-state index < -0.39 is 12.1 Å². The lowest BCUT2D eigenvalue weighted by molar-refractivity contribution is 0.0652. The van der Waals surface area contributed by atoms with E-state index in [1.807, 2.05) is 0 Å². The molecule has 100 valence electrons. The molecule has 0 spiro atoms. The van der Waals surface area contributed by atoms with Crippen molar-refractivity contribution < 1.29 is 23.6 Å². The van der Waals surface area contributed by atoms with Crippen molar-refractivity contribution in [3.8, 4) is 17.0 Å². The Bertz CT molecular complexity index is 606. The number of rotatable bonds is 4. The topological polar surface area (TPSA) is 72.6 Å². The first-order valence-electron chi connectivity index (χ1n) is 5.56. The molecule has 0 bridgehead atoms. The van der Waals surface area contributed by atoms with Crippen molar-refractivity contribution >= 4 is 5.97 Å². The summed E-state index contributed by atoms with van der Waals surface area (Å²) in [6.45, 7) is 1.37. The van der Waals surface area contributed by atoms with E-state index in [1.54, 1.807) is 18.2 Å². The summed E-state index contributed by atoms with van der Waals surface area (Å²) < 4.78 is 23.5. The predicted molar refractivity (Wildman–Crippen MR) is 65.0 cm³/mol. The molecular weight excluding hydrogens is 253 g/mol. The van der Waals surface area contributed by atoms with Gasteiger partial charge in [-0.05, 0) is 13.0 Å². The number of halogens is 1. The van der Waals surface area contributed by atoms with Crippen molar-refractivity contribution in [2.45, 2.75) is 13.1 Å². The van der Waals surface area contributed by atoms with Gasteiger partial charge in [0.15, 0.2) is 0 Å². The minimum Gasteiger partial charge on any atom is -0.496 e. The lowest BCUT2D eigenvalue weighted by Crippen LogP contribution is -1.97. The monoisotopic (exact) mass is 265 g/mol. The second kappa shape index (κ2) is 5.09. The van der Waals surface area contributed by atoms with E-state index in [4.69, 9.17) is 9.84 Å². The summed E-state index contributed by atoms with van der Waals surface area (Å²) in [5, 5.41) is 12.4. The maximum absolute atomic E-state index is 13.7. The number of carbonyl (C=O) groups is 1. The molecule has 0 radical (unpaired) electrons. The summed E-state index contributed by atoms with van der Waals surface area (Å²) in [6.07, 6.45) is -1.28. The minimum atomic E-state index is -1.28. The molecule has 0 fully saturated rings. The SMILES string of the molecule is COc1cccc(-c2cc(C(=O)O)on2)c1C(C)F. The highest BCUT2D eigenvalue weighted by Crippen LogP contribution is 2.36. The van der Waals surface area contributed by atoms with Crippen molar-refractivity contribution in [2.75, 3.05) is 7.11 Å². The zero-order valence-corrected chi connectivity index (χ0v) is 10.4. The summed E-state index contributed by atoms with van der Waals surface area (Å²) in [6, 6.07) is 6.20. The molecule has 1 heterocycles. The first-order chi connectivity index (χ1) is 9.04. The smallest absolute Gasteiger partial charge is 0.374 e. The van der Waals surface area contributed by atoms with Crippen molar-refractivity contribution in [1.82, 2.24) is 5.16 Å². The lowest BCUT2D eigenvalue weighted by atomic mass is 10.00. The largest absolute Gasteiger partial charge is 0.496 e. The Morgan fingerprint density at radius 1 is 1.53 bits per heavy atom. The van der Waals surface area contributed by atoms with Gasteiger partial charge in [0.1, 0.15) is 17.6 Å². The minimum absolute atomic E-state index is 0.260. The molecule has 1 aromatic carbocycles. The highest BCUT2D eigenvalue weighted by Gasteiger charge is 2.20. The summed E-state index contributed by atoms with van der Waals surface area (Å²) in [7, 11) is 1.44. The van der Waals surface area contributed by atoms with Gasteiger partial charge in [0, 0.05) is 17.2 Å². The van der Waals surface area contributed by atoms with Gasteiger partial charge in [0.2, 0.25) is 5.76 Å². The van der Waals surface area contributed by atoms with E-state index in [1.165, 1.54) is 20.1 Å². The number of carboxylic acid groups (broad SMARTS) is 1. The fourth-order valence-electron chi connectivity index (χ4n) is 1.86. The number of methoxy groups -OCH3 is 1. The van der Waals surface area contributed by atoms with Gasteiger partial charge in [0.05, 0.1) is 7.11 Å². The molecule has 5 nitrogen and oxygen atoms in total. The zero-order valence-electron chi connectivity index (χ0n) is 10.4. The van der Waals surface area contributed by atoms with Crippen LogP contribution in [0.1, 0.15) is 29.2 Å². The molecule has 1 aromatic heterocycles. The molecular formula is C13H12FNO4. The van der Waals surface area contributed by atoms with Crippen molar-refractivity contribution in [3.05, 3.63) is 35.6 Å². The first kappa shape index (κ1) is 13.1. The van der Waals surface area contributed by atoms with Gasteiger partial charge in [-0.1, -0.05) is 17.3 Å². The molecule has 0 saturated heterocycles. The van der Waals surface area contributed by atoms with Crippen molar-refractivity contribution in [3.63, 3.8) is 0 Å². The summed E-state index contributed by atoms with van der Waals surface area (Å²) >= 11 is 0. The van der Waals surface area contributed by atoms with E-state index in [-0.39, 0.29) is 11.5 Å². The van der Waals surface area contributed by atoms with Gasteiger partial charge < -0.3 is 14.4 Å². The van der Waals surface area contributed by atoms with Gasteiger partial charge in [-0.3, -0.25) is 0 Å². The number of aromatic nitrogens is 1. The van der Waals surface area contributed by atoms with Crippen LogP contribution in [0.5, 0.6) is 5.75 Å². The third kappa shape index (κ3) is 2.42. The quantitative estimate of drug-likeness (QED) is 0.919. The fraction of sp³-hybridized carbons (Fsp3) is 0.231. The Labute approximate surface area is 108 Å². The third-order valence-corrected chi connectivity index (χ3v) is 2.68. The second-order valence-electron chi connectivity index (χ2n) is 3.92. The van der Waals surface area contributed by atoms with Gasteiger partial charge in [0.25, 0.3) is 0 Å². The first-order valence-corrected chi connectivity index (χ1v) is 5.56. The summed E-state index contributed by atoms with van der Waals surface area (Å²) in [5.74, 6) is -1.14. The number of alkyl halides is 1. The van der Waals surface area contributed by atoms with Gasteiger partial charge in [-0.2, -0.15) is 0 Å². The van der Waals surface area contributed by atoms with E-state index in [0.717, 1.165) is 0 Å². The number of hydrogen-bond acceptors (Lipinski definition) is 4. The molecule has 1 N–H and O–H groups in total. The van der Waals surface area contributed by atoms with E-state index in [2.05, 4.69) is 9.68 Å². The van der Waals surface area contributed by atoms with Crippen LogP contribution >= 0.6 is 0 Å². The number of carboxylic acids is 1. The molecule has 6 heteroatoms. The Balaban J connectivity index is 2.57. The average molecular weight is 265 g/mol. The third-order valence-electron chi connectivity index (χ3n) is 2.68. The second-order valence-corrected chi connectivity index (χ2v) is 3.92. The van der Waals surface area contributed by atoms with Crippen LogP contribution in [0.25, 0.3) is 11.3 Å². The number of nitrogens with zero attached hydrogens (tertiary/aromatic N) is 1. The Kier molecular flexibility index (Phi) is 3.50. The summed E-state index contributed by atoms with van der Waals surface area (Å²) in [5.41, 5.74) is 1.02. The number of aromatic carboxylic acids is 1. The molecule has 1 atom stereocenters. The summed E-state index contributed by atoms with van der Waals surface area (Å²) in [4.78, 5) is 10.8. The van der Waals surface area contributed by atoms with Crippen LogP contribution in [0.4, 0.5) is 4.39 Å². The Hall–Kier alpha value is -2.37. The Morgan fingerprint density at radius 3 is 2.79 bits per heavy atom. The van der Waals surface area contributed by atoms with Crippen LogP contribution < -0.4 is 4.74 Å². The highest BCUT2D eigenvalue weighted by atomic mass is 19.1. The van der Waals surface area contributed by atoms with Crippen LogP contribution in [0.15, 0.2) is 28.8 Å². The van der Waals surface area contributed by atoms with Crippen LogP contribution in [-0.2, 0) is 0 Å².